The highest BCUT2D eigenvalue weighted by molar-refractivity contribution is 5.62. The van der Waals surface area contributed by atoms with Crippen LogP contribution in [0.2, 0.25) is 0 Å². The van der Waals surface area contributed by atoms with Crippen molar-refractivity contribution in [3.8, 4) is 5.69 Å². The second-order valence-electron chi connectivity index (χ2n) is 6.34. The number of hydrogen-bond donors (Lipinski definition) is 0. The maximum absolute atomic E-state index is 11.4. The lowest BCUT2D eigenvalue weighted by atomic mass is 10.3. The maximum atomic E-state index is 11.4. The molecule has 140 valence electrons. The number of anilines is 2. The van der Waals surface area contributed by atoms with Crippen LogP contribution in [0.15, 0.2) is 30.3 Å². The van der Waals surface area contributed by atoms with Crippen LogP contribution in [0, 0.1) is 17.0 Å². The first-order chi connectivity index (χ1) is 13.1. The normalized spacial score (nSPS) is 14.6. The minimum atomic E-state index is -0.361. The maximum Gasteiger partial charge on any atom is 0.333 e. The van der Waals surface area contributed by atoms with Gasteiger partial charge >= 0.3 is 5.69 Å². The second kappa shape index (κ2) is 6.67. The molecule has 0 unspecified atom stereocenters. The Kier molecular flexibility index (Phi) is 4.18. The molecule has 1 saturated heterocycles. The largest absolute Gasteiger partial charge is 0.348 e. The van der Waals surface area contributed by atoms with E-state index in [-0.39, 0.29) is 10.6 Å². The molecular formula is C16H19N9O2. The molecule has 27 heavy (non-hydrogen) atoms. The lowest BCUT2D eigenvalue weighted by molar-refractivity contribution is -0.384. The lowest BCUT2D eigenvalue weighted by Gasteiger charge is -2.35. The highest BCUT2D eigenvalue weighted by atomic mass is 16.6. The minimum absolute atomic E-state index is 0.0695. The molecule has 11 heteroatoms. The Morgan fingerprint density at radius 1 is 1.07 bits per heavy atom. The fourth-order valence-corrected chi connectivity index (χ4v) is 3.44. The number of rotatable bonds is 4. The van der Waals surface area contributed by atoms with Crippen LogP contribution in [0.5, 0.6) is 0 Å². The third-order valence-electron chi connectivity index (χ3n) is 4.66. The molecular weight excluding hydrogens is 350 g/mol. The molecule has 0 aliphatic carbocycles. The van der Waals surface area contributed by atoms with Crippen LogP contribution in [0.4, 0.5) is 17.5 Å². The number of benzene rings is 1. The minimum Gasteiger partial charge on any atom is -0.348 e. The summed E-state index contributed by atoms with van der Waals surface area (Å²) in [6.07, 6.45) is 0. The number of hydrogen-bond acceptors (Lipinski definition) is 8. The quantitative estimate of drug-likeness (QED) is 0.493. The average molecular weight is 369 g/mol. The van der Waals surface area contributed by atoms with Gasteiger partial charge < -0.3 is 9.80 Å². The third kappa shape index (κ3) is 2.96. The predicted molar refractivity (Wildman–Crippen MR) is 98.2 cm³/mol. The summed E-state index contributed by atoms with van der Waals surface area (Å²) in [5.74, 6) is 1.20. The zero-order valence-corrected chi connectivity index (χ0v) is 15.1. The summed E-state index contributed by atoms with van der Waals surface area (Å²) in [6.45, 7) is 4.18. The van der Waals surface area contributed by atoms with Gasteiger partial charge in [0.25, 0.3) is 0 Å². The van der Waals surface area contributed by atoms with E-state index in [0.717, 1.165) is 5.69 Å². The first-order valence-corrected chi connectivity index (χ1v) is 8.58. The van der Waals surface area contributed by atoms with E-state index in [1.54, 1.807) is 23.3 Å². The first-order valence-electron chi connectivity index (χ1n) is 8.58. The van der Waals surface area contributed by atoms with Crippen molar-refractivity contribution in [2.45, 2.75) is 6.92 Å². The van der Waals surface area contributed by atoms with Gasteiger partial charge in [0.05, 0.1) is 10.6 Å². The molecule has 3 heterocycles. The fraction of sp³-hybridized carbons (Fsp3) is 0.375. The van der Waals surface area contributed by atoms with E-state index in [0.29, 0.717) is 43.6 Å². The molecule has 0 amide bonds. The molecule has 1 fully saturated rings. The standard InChI is InChI=1S/C16H19N9O2/c1-12-14(25(26)27)15(21(2)18-12)22-8-10-23(11-9-22)16-17-19-20-24(16)13-6-4-3-5-7-13/h3-7H,8-11H2,1-2H3. The SMILES string of the molecule is Cc1nn(C)c(N2CCN(c3nnnn3-c3ccccc3)CC2)c1[N+](=O)[O-]. The molecule has 0 N–H and O–H groups in total. The molecule has 1 aliphatic rings. The Hall–Kier alpha value is -3.50. The number of aromatic nitrogens is 6. The van der Waals surface area contributed by atoms with Gasteiger partial charge in [0.15, 0.2) is 0 Å². The van der Waals surface area contributed by atoms with Gasteiger partial charge in [-0.1, -0.05) is 23.3 Å². The molecule has 0 atom stereocenters. The Labute approximate surface area is 154 Å². The van der Waals surface area contributed by atoms with Crippen LogP contribution in [0.3, 0.4) is 0 Å². The predicted octanol–water partition coefficient (Wildman–Crippen LogP) is 0.939. The monoisotopic (exact) mass is 369 g/mol. The van der Waals surface area contributed by atoms with Crippen LogP contribution in [-0.4, -0.2) is 61.1 Å². The molecule has 0 radical (unpaired) electrons. The van der Waals surface area contributed by atoms with Gasteiger partial charge in [0, 0.05) is 33.2 Å². The molecule has 11 nitrogen and oxygen atoms in total. The first kappa shape index (κ1) is 16.9. The van der Waals surface area contributed by atoms with Gasteiger partial charge in [-0.15, -0.1) is 0 Å². The number of nitrogens with zero attached hydrogens (tertiary/aromatic N) is 9. The summed E-state index contributed by atoms with van der Waals surface area (Å²) in [7, 11) is 1.73. The topological polar surface area (TPSA) is 111 Å². The van der Waals surface area contributed by atoms with Crippen LogP contribution >= 0.6 is 0 Å². The molecule has 0 saturated carbocycles. The van der Waals surface area contributed by atoms with Gasteiger partial charge in [-0.25, -0.2) is 4.68 Å². The van der Waals surface area contributed by atoms with E-state index < -0.39 is 0 Å². The zero-order valence-electron chi connectivity index (χ0n) is 15.1. The number of piperazine rings is 1. The molecule has 3 aromatic rings. The van der Waals surface area contributed by atoms with E-state index in [4.69, 9.17) is 0 Å². The fourth-order valence-electron chi connectivity index (χ4n) is 3.44. The Morgan fingerprint density at radius 3 is 2.41 bits per heavy atom. The highest BCUT2D eigenvalue weighted by Crippen LogP contribution is 2.31. The number of para-hydroxylation sites is 1. The molecule has 4 rings (SSSR count). The zero-order chi connectivity index (χ0) is 19.0. The van der Waals surface area contributed by atoms with Crippen molar-refractivity contribution in [2.75, 3.05) is 36.0 Å². The second-order valence-corrected chi connectivity index (χ2v) is 6.34. The Bertz CT molecular complexity index is 958. The summed E-state index contributed by atoms with van der Waals surface area (Å²) < 4.78 is 3.28. The molecule has 0 bridgehead atoms. The Morgan fingerprint density at radius 2 is 1.74 bits per heavy atom. The van der Waals surface area contributed by atoms with E-state index >= 15 is 0 Å². The molecule has 1 aromatic carbocycles. The van der Waals surface area contributed by atoms with E-state index in [1.807, 2.05) is 35.2 Å². The summed E-state index contributed by atoms with van der Waals surface area (Å²) in [4.78, 5) is 15.1. The van der Waals surface area contributed by atoms with Gasteiger partial charge in [0.1, 0.15) is 5.69 Å². The lowest BCUT2D eigenvalue weighted by Crippen LogP contribution is -2.48. The summed E-state index contributed by atoms with van der Waals surface area (Å²) in [6, 6.07) is 9.69. The molecule has 1 aliphatic heterocycles. The van der Waals surface area contributed by atoms with Crippen LogP contribution in [0.1, 0.15) is 5.69 Å². The van der Waals surface area contributed by atoms with E-state index in [2.05, 4.69) is 25.5 Å². The van der Waals surface area contributed by atoms with E-state index in [9.17, 15) is 10.1 Å². The molecule has 0 spiro atoms. The van der Waals surface area contributed by atoms with E-state index in [1.165, 1.54) is 0 Å². The van der Waals surface area contributed by atoms with Crippen LogP contribution < -0.4 is 9.80 Å². The van der Waals surface area contributed by atoms with Crippen molar-refractivity contribution in [1.82, 2.24) is 30.0 Å². The average Bonchev–Trinajstić information content (AvgIpc) is 3.27. The van der Waals surface area contributed by atoms with Gasteiger partial charge in [-0.3, -0.25) is 10.1 Å². The van der Waals surface area contributed by atoms with Gasteiger partial charge in [-0.05, 0) is 29.5 Å². The van der Waals surface area contributed by atoms with Crippen molar-refractivity contribution in [1.29, 1.82) is 0 Å². The van der Waals surface area contributed by atoms with Crippen molar-refractivity contribution < 1.29 is 4.92 Å². The molecule has 2 aromatic heterocycles. The third-order valence-corrected chi connectivity index (χ3v) is 4.66. The van der Waals surface area contributed by atoms with Crippen molar-refractivity contribution in [2.24, 2.45) is 7.05 Å². The van der Waals surface area contributed by atoms with Crippen LogP contribution in [0.25, 0.3) is 5.69 Å². The van der Waals surface area contributed by atoms with Crippen molar-refractivity contribution in [3.63, 3.8) is 0 Å². The van der Waals surface area contributed by atoms with Crippen molar-refractivity contribution >= 4 is 17.5 Å². The van der Waals surface area contributed by atoms with Crippen LogP contribution in [-0.2, 0) is 7.05 Å². The van der Waals surface area contributed by atoms with Crippen molar-refractivity contribution in [3.05, 3.63) is 46.1 Å². The number of aryl methyl sites for hydroxylation is 2. The van der Waals surface area contributed by atoms with Gasteiger partial charge in [-0.2, -0.15) is 9.78 Å². The number of nitro groups is 1. The number of tetrazole rings is 1. The summed E-state index contributed by atoms with van der Waals surface area (Å²) >= 11 is 0. The Balaban J connectivity index is 1.55. The highest BCUT2D eigenvalue weighted by Gasteiger charge is 2.31. The smallest absolute Gasteiger partial charge is 0.333 e. The summed E-state index contributed by atoms with van der Waals surface area (Å²) in [5.41, 5.74) is 1.38. The summed E-state index contributed by atoms with van der Waals surface area (Å²) in [5, 5.41) is 27.7. The van der Waals surface area contributed by atoms with Gasteiger partial charge in [0.2, 0.25) is 11.8 Å².